The second-order valence-electron chi connectivity index (χ2n) is 3.93. The van der Waals surface area contributed by atoms with Crippen LogP contribution in [0.15, 0.2) is 36.4 Å². The van der Waals surface area contributed by atoms with Crippen molar-refractivity contribution < 1.29 is 19.2 Å². The molecule has 6 heteroatoms. The Morgan fingerprint density at radius 2 is 2.05 bits per heavy atom. The van der Waals surface area contributed by atoms with Gasteiger partial charge in [0.25, 0.3) is 0 Å². The Balaban J connectivity index is 2.44. The lowest BCUT2D eigenvalue weighted by atomic mass is 10.2. The molecule has 0 heterocycles. The van der Waals surface area contributed by atoms with Gasteiger partial charge in [0.05, 0.1) is 11.0 Å². The molecule has 0 amide bonds. The van der Waals surface area contributed by atoms with E-state index in [0.717, 1.165) is 6.07 Å². The van der Waals surface area contributed by atoms with E-state index < -0.39 is 16.4 Å². The normalized spacial score (nSPS) is 10.2. The summed E-state index contributed by atoms with van der Waals surface area (Å²) >= 11 is 0. The Labute approximate surface area is 108 Å². The van der Waals surface area contributed by atoms with Gasteiger partial charge in [-0.1, -0.05) is 6.07 Å². The summed E-state index contributed by atoms with van der Waals surface area (Å²) in [4.78, 5) is 10.1. The number of nitro groups is 1. The van der Waals surface area contributed by atoms with Crippen molar-refractivity contribution in [2.75, 3.05) is 0 Å². The minimum absolute atomic E-state index is 0.0287. The molecule has 2 rings (SSSR count). The number of phenols is 1. The first-order valence-electron chi connectivity index (χ1n) is 5.39. The predicted molar refractivity (Wildman–Crippen MR) is 66.0 cm³/mol. The van der Waals surface area contributed by atoms with Crippen LogP contribution in [0.5, 0.6) is 17.2 Å². The number of aryl methyl sites for hydroxylation is 1. The largest absolute Gasteiger partial charge is 0.508 e. The molecule has 0 fully saturated rings. The second-order valence-corrected chi connectivity index (χ2v) is 3.93. The summed E-state index contributed by atoms with van der Waals surface area (Å²) in [5.74, 6) is -0.544. The molecular weight excluding hydrogens is 253 g/mol. The molecule has 0 atom stereocenters. The fourth-order valence-electron chi connectivity index (χ4n) is 1.54. The molecule has 0 aliphatic carbocycles. The quantitative estimate of drug-likeness (QED) is 0.679. The highest BCUT2D eigenvalue weighted by atomic mass is 19.1. The fourth-order valence-corrected chi connectivity index (χ4v) is 1.54. The number of halogens is 1. The molecule has 2 aromatic carbocycles. The molecule has 0 saturated carbocycles. The van der Waals surface area contributed by atoms with Crippen molar-refractivity contribution in [3.63, 3.8) is 0 Å². The Kier molecular flexibility index (Phi) is 3.33. The van der Waals surface area contributed by atoms with Crippen LogP contribution >= 0.6 is 0 Å². The van der Waals surface area contributed by atoms with Crippen molar-refractivity contribution in [3.8, 4) is 17.2 Å². The summed E-state index contributed by atoms with van der Waals surface area (Å²) in [6.45, 7) is 1.48. The van der Waals surface area contributed by atoms with Gasteiger partial charge >= 0.3 is 5.69 Å². The number of nitro benzene ring substituents is 1. The third-order valence-corrected chi connectivity index (χ3v) is 2.48. The Bertz CT molecular complexity index is 643. The maximum absolute atomic E-state index is 13.3. The minimum Gasteiger partial charge on any atom is -0.508 e. The lowest BCUT2D eigenvalue weighted by Gasteiger charge is -2.08. The van der Waals surface area contributed by atoms with Gasteiger partial charge in [0.2, 0.25) is 5.75 Å². The first-order valence-corrected chi connectivity index (χ1v) is 5.39. The van der Waals surface area contributed by atoms with Crippen molar-refractivity contribution >= 4 is 5.69 Å². The molecule has 0 aliphatic heterocycles. The van der Waals surface area contributed by atoms with Crippen molar-refractivity contribution in [1.82, 2.24) is 0 Å². The Morgan fingerprint density at radius 3 is 2.68 bits per heavy atom. The monoisotopic (exact) mass is 263 g/mol. The Hall–Kier alpha value is -2.63. The van der Waals surface area contributed by atoms with Crippen LogP contribution in [-0.2, 0) is 0 Å². The van der Waals surface area contributed by atoms with Crippen molar-refractivity contribution in [3.05, 3.63) is 57.9 Å². The van der Waals surface area contributed by atoms with Crippen LogP contribution in [0.4, 0.5) is 10.1 Å². The first kappa shape index (κ1) is 12.8. The number of rotatable bonds is 3. The highest BCUT2D eigenvalue weighted by Gasteiger charge is 2.19. The first-order chi connectivity index (χ1) is 8.97. The molecule has 0 unspecified atom stereocenters. The van der Waals surface area contributed by atoms with Crippen LogP contribution in [0, 0.1) is 22.9 Å². The van der Waals surface area contributed by atoms with Gasteiger partial charge in [-0.2, -0.15) is 0 Å². The fraction of sp³-hybridized carbons (Fsp3) is 0.0769. The predicted octanol–water partition coefficient (Wildman–Crippen LogP) is 3.54. The maximum Gasteiger partial charge on any atom is 0.314 e. The second kappa shape index (κ2) is 4.93. The van der Waals surface area contributed by atoms with Crippen molar-refractivity contribution in [2.24, 2.45) is 0 Å². The highest BCUT2D eigenvalue weighted by Crippen LogP contribution is 2.34. The van der Waals surface area contributed by atoms with Crippen LogP contribution in [0.25, 0.3) is 0 Å². The average Bonchev–Trinajstić information content (AvgIpc) is 2.33. The van der Waals surface area contributed by atoms with E-state index in [1.54, 1.807) is 0 Å². The minimum atomic E-state index is -0.722. The zero-order valence-corrected chi connectivity index (χ0v) is 9.96. The zero-order valence-electron chi connectivity index (χ0n) is 9.96. The van der Waals surface area contributed by atoms with Crippen LogP contribution in [-0.4, -0.2) is 10.0 Å². The molecule has 0 aliphatic rings. The Morgan fingerprint density at radius 1 is 1.32 bits per heavy atom. The SMILES string of the molecule is Cc1cc(Oc2cccc(O)c2)c([N+](=O)[O-])cc1F. The van der Waals surface area contributed by atoms with E-state index in [2.05, 4.69) is 0 Å². The summed E-state index contributed by atoms with van der Waals surface area (Å²) in [6, 6.07) is 7.87. The van der Waals surface area contributed by atoms with Gasteiger partial charge in [-0.05, 0) is 30.7 Å². The number of hydrogen-bond donors (Lipinski definition) is 1. The maximum atomic E-state index is 13.3. The van der Waals surface area contributed by atoms with E-state index in [9.17, 15) is 19.6 Å². The van der Waals surface area contributed by atoms with Gasteiger partial charge in [0, 0.05) is 6.07 Å². The summed E-state index contributed by atoms with van der Waals surface area (Å²) in [5, 5.41) is 20.1. The van der Waals surface area contributed by atoms with Crippen LogP contribution in [0.1, 0.15) is 5.56 Å². The van der Waals surface area contributed by atoms with Crippen LogP contribution in [0.2, 0.25) is 0 Å². The van der Waals surface area contributed by atoms with Gasteiger partial charge in [-0.15, -0.1) is 0 Å². The molecule has 19 heavy (non-hydrogen) atoms. The molecule has 0 aromatic heterocycles. The molecular formula is C13H10FNO4. The molecule has 1 N–H and O–H groups in total. The van der Waals surface area contributed by atoms with E-state index in [-0.39, 0.29) is 22.8 Å². The summed E-state index contributed by atoms with van der Waals surface area (Å²) in [6.07, 6.45) is 0. The van der Waals surface area contributed by atoms with E-state index in [0.29, 0.717) is 0 Å². The molecule has 0 saturated heterocycles. The van der Waals surface area contributed by atoms with Gasteiger partial charge in [0.15, 0.2) is 0 Å². The number of aromatic hydroxyl groups is 1. The van der Waals surface area contributed by atoms with Gasteiger partial charge in [0.1, 0.15) is 17.3 Å². The molecule has 0 spiro atoms. The third kappa shape index (κ3) is 2.79. The van der Waals surface area contributed by atoms with E-state index in [4.69, 9.17) is 4.74 Å². The summed E-state index contributed by atoms with van der Waals surface area (Å²) in [7, 11) is 0. The van der Waals surface area contributed by atoms with Crippen molar-refractivity contribution in [1.29, 1.82) is 0 Å². The van der Waals surface area contributed by atoms with Gasteiger partial charge in [-0.3, -0.25) is 10.1 Å². The molecule has 0 radical (unpaired) electrons. The number of ether oxygens (including phenoxy) is 1. The lowest BCUT2D eigenvalue weighted by Crippen LogP contribution is -1.96. The molecule has 5 nitrogen and oxygen atoms in total. The molecule has 2 aromatic rings. The van der Waals surface area contributed by atoms with Crippen LogP contribution in [0.3, 0.4) is 0 Å². The van der Waals surface area contributed by atoms with E-state index >= 15 is 0 Å². The number of hydrogen-bond acceptors (Lipinski definition) is 4. The smallest absolute Gasteiger partial charge is 0.314 e. The summed E-state index contributed by atoms with van der Waals surface area (Å²) in [5.41, 5.74) is -0.229. The molecule has 0 bridgehead atoms. The van der Waals surface area contributed by atoms with Crippen molar-refractivity contribution in [2.45, 2.75) is 6.92 Å². The van der Waals surface area contributed by atoms with E-state index in [1.807, 2.05) is 0 Å². The van der Waals surface area contributed by atoms with E-state index in [1.165, 1.54) is 37.3 Å². The number of phenolic OH excluding ortho intramolecular Hbond substituents is 1. The van der Waals surface area contributed by atoms with Crippen LogP contribution < -0.4 is 4.74 Å². The highest BCUT2D eigenvalue weighted by molar-refractivity contribution is 5.51. The average molecular weight is 263 g/mol. The standard InChI is InChI=1S/C13H10FNO4/c1-8-5-13(12(15(17)18)7-11(8)14)19-10-4-2-3-9(16)6-10/h2-7,16H,1H3. The van der Waals surface area contributed by atoms with Gasteiger partial charge in [-0.25, -0.2) is 4.39 Å². The third-order valence-electron chi connectivity index (χ3n) is 2.48. The number of benzene rings is 2. The number of nitrogens with zero attached hydrogens (tertiary/aromatic N) is 1. The molecule has 98 valence electrons. The topological polar surface area (TPSA) is 72.6 Å². The van der Waals surface area contributed by atoms with Gasteiger partial charge < -0.3 is 9.84 Å². The zero-order chi connectivity index (χ0) is 14.0. The summed E-state index contributed by atoms with van der Waals surface area (Å²) < 4.78 is 18.6. The lowest BCUT2D eigenvalue weighted by molar-refractivity contribution is -0.385.